The summed E-state index contributed by atoms with van der Waals surface area (Å²) < 4.78 is 12.9. The number of rotatable bonds is 3. The zero-order chi connectivity index (χ0) is 27.5. The number of urea groups is 1. The molecule has 1 aliphatic carbocycles. The second kappa shape index (κ2) is 8.99. The average molecular weight is 535 g/mol. The average Bonchev–Trinajstić information content (AvgIpc) is 3.31. The maximum absolute atomic E-state index is 13.4. The molecule has 6 rings (SSSR count). The van der Waals surface area contributed by atoms with Crippen LogP contribution in [-0.2, 0) is 11.2 Å². The Hall–Kier alpha value is -4.09. The predicted molar refractivity (Wildman–Crippen MR) is 146 cm³/mol. The minimum absolute atomic E-state index is 0.194. The van der Waals surface area contributed by atoms with Gasteiger partial charge in [0.05, 0.1) is 18.3 Å². The van der Waals surface area contributed by atoms with Gasteiger partial charge < -0.3 is 19.7 Å². The van der Waals surface area contributed by atoms with Gasteiger partial charge in [0.15, 0.2) is 0 Å². The summed E-state index contributed by atoms with van der Waals surface area (Å²) in [5, 5.41) is 2.94. The van der Waals surface area contributed by atoms with E-state index in [4.69, 9.17) is 9.47 Å². The molecule has 5 heterocycles. The molecule has 3 aromatic rings. The molecule has 1 spiro atoms. The fourth-order valence-electron chi connectivity index (χ4n) is 5.58. The molecule has 3 amide bonds. The van der Waals surface area contributed by atoms with E-state index in [9.17, 15) is 9.59 Å². The van der Waals surface area contributed by atoms with E-state index in [1.54, 1.807) is 21.7 Å². The van der Waals surface area contributed by atoms with Crippen molar-refractivity contribution >= 4 is 35.1 Å². The SMILES string of the molecule is COc1nc2nc(C)cn2cc1NC(=O)N1CCc2c(N3CCN(C(=O)OC(C)(C)C)C4(CC4)C3)ccnc21. The second-order valence-electron chi connectivity index (χ2n) is 11.5. The van der Waals surface area contributed by atoms with Crippen molar-refractivity contribution in [1.82, 2.24) is 24.3 Å². The third kappa shape index (κ3) is 4.57. The number of methoxy groups -OCH3 is 1. The van der Waals surface area contributed by atoms with Gasteiger partial charge in [0, 0.05) is 56.0 Å². The fraction of sp³-hybridized carbons (Fsp3) is 0.519. The Morgan fingerprint density at radius 3 is 2.62 bits per heavy atom. The summed E-state index contributed by atoms with van der Waals surface area (Å²) in [7, 11) is 1.51. The Morgan fingerprint density at radius 1 is 1.10 bits per heavy atom. The maximum atomic E-state index is 13.4. The van der Waals surface area contributed by atoms with Gasteiger partial charge >= 0.3 is 12.1 Å². The number of carbonyl (C=O) groups excluding carboxylic acids is 2. The second-order valence-corrected chi connectivity index (χ2v) is 11.5. The molecular weight excluding hydrogens is 500 g/mol. The lowest BCUT2D eigenvalue weighted by molar-refractivity contribution is 0.0106. The summed E-state index contributed by atoms with van der Waals surface area (Å²) in [6, 6.07) is 1.71. The molecule has 2 aliphatic heterocycles. The number of fused-ring (bicyclic) bond motifs is 2. The van der Waals surface area contributed by atoms with E-state index in [1.165, 1.54) is 7.11 Å². The first-order valence-electron chi connectivity index (χ1n) is 13.3. The van der Waals surface area contributed by atoms with Crippen LogP contribution in [0, 0.1) is 6.92 Å². The van der Waals surface area contributed by atoms with E-state index >= 15 is 0 Å². The lowest BCUT2D eigenvalue weighted by Gasteiger charge is -2.43. The number of carbonyl (C=O) groups is 2. The van der Waals surface area contributed by atoms with Crippen molar-refractivity contribution in [1.29, 1.82) is 0 Å². The van der Waals surface area contributed by atoms with Gasteiger partial charge in [0.1, 0.15) is 17.1 Å². The number of aryl methyl sites for hydroxylation is 1. The van der Waals surface area contributed by atoms with Gasteiger partial charge in [-0.15, -0.1) is 0 Å². The molecular formula is C27H34N8O4. The number of nitrogens with one attached hydrogen (secondary N) is 1. The summed E-state index contributed by atoms with van der Waals surface area (Å²) in [5.74, 6) is 1.44. The van der Waals surface area contributed by atoms with E-state index in [1.807, 2.05) is 44.9 Å². The van der Waals surface area contributed by atoms with Crippen LogP contribution in [0.3, 0.4) is 0 Å². The number of amides is 3. The first-order valence-corrected chi connectivity index (χ1v) is 13.3. The van der Waals surface area contributed by atoms with Gasteiger partial charge in [0.2, 0.25) is 11.7 Å². The van der Waals surface area contributed by atoms with Crippen molar-refractivity contribution in [3.63, 3.8) is 0 Å². The Labute approximate surface area is 226 Å². The Morgan fingerprint density at radius 2 is 1.90 bits per heavy atom. The fourth-order valence-corrected chi connectivity index (χ4v) is 5.58. The number of piperazine rings is 1. The van der Waals surface area contributed by atoms with Gasteiger partial charge in [-0.3, -0.25) is 14.2 Å². The van der Waals surface area contributed by atoms with Gasteiger partial charge in [-0.2, -0.15) is 4.98 Å². The molecule has 1 saturated heterocycles. The highest BCUT2D eigenvalue weighted by Gasteiger charge is 2.54. The van der Waals surface area contributed by atoms with E-state index < -0.39 is 5.60 Å². The number of pyridine rings is 1. The standard InChI is InChI=1S/C27H34N8O4/c1-17-14-33-15-19(22(38-5)31-23(33)29-17)30-24(36)34-11-7-18-20(6-10-28-21(18)34)32-12-13-35(27(16-32)8-9-27)25(37)39-26(2,3)4/h6,10,14-15H,7-9,11-13,16H2,1-5H3,(H,30,36). The smallest absolute Gasteiger partial charge is 0.410 e. The zero-order valence-electron chi connectivity index (χ0n) is 23.0. The van der Waals surface area contributed by atoms with Crippen molar-refractivity contribution in [3.8, 4) is 5.88 Å². The molecule has 2 fully saturated rings. The normalized spacial score (nSPS) is 17.9. The summed E-state index contributed by atoms with van der Waals surface area (Å²) in [4.78, 5) is 45.6. The quantitative estimate of drug-likeness (QED) is 0.542. The van der Waals surface area contributed by atoms with Crippen LogP contribution in [0.15, 0.2) is 24.7 Å². The monoisotopic (exact) mass is 534 g/mol. The highest BCUT2D eigenvalue weighted by molar-refractivity contribution is 6.03. The topological polar surface area (TPSA) is 117 Å². The van der Waals surface area contributed by atoms with Crippen LogP contribution in [0.25, 0.3) is 5.78 Å². The van der Waals surface area contributed by atoms with Crippen LogP contribution in [0.4, 0.5) is 26.8 Å². The molecule has 0 aromatic carbocycles. The zero-order valence-corrected chi connectivity index (χ0v) is 23.0. The number of hydrogen-bond acceptors (Lipinski definition) is 8. The van der Waals surface area contributed by atoms with E-state index in [0.29, 0.717) is 49.2 Å². The molecule has 1 saturated carbocycles. The van der Waals surface area contributed by atoms with Gasteiger partial charge in [-0.1, -0.05) is 0 Å². The largest absolute Gasteiger partial charge is 0.479 e. The first kappa shape index (κ1) is 25.2. The first-order chi connectivity index (χ1) is 18.6. The molecule has 0 radical (unpaired) electrons. The van der Waals surface area contributed by atoms with Crippen molar-refractivity contribution in [2.45, 2.75) is 58.1 Å². The van der Waals surface area contributed by atoms with Crippen molar-refractivity contribution in [3.05, 3.63) is 35.9 Å². The van der Waals surface area contributed by atoms with Crippen molar-refractivity contribution in [2.24, 2.45) is 0 Å². The van der Waals surface area contributed by atoms with Gasteiger partial charge in [0.25, 0.3) is 0 Å². The maximum Gasteiger partial charge on any atom is 0.410 e. The molecule has 3 aliphatic rings. The number of nitrogens with zero attached hydrogens (tertiary/aromatic N) is 7. The molecule has 3 aromatic heterocycles. The van der Waals surface area contributed by atoms with Crippen LogP contribution < -0.4 is 19.9 Å². The molecule has 39 heavy (non-hydrogen) atoms. The highest BCUT2D eigenvalue weighted by atomic mass is 16.6. The van der Waals surface area contributed by atoms with Crippen LogP contribution >= 0.6 is 0 Å². The Bertz CT molecular complexity index is 1460. The van der Waals surface area contributed by atoms with Crippen LogP contribution in [0.2, 0.25) is 0 Å². The highest BCUT2D eigenvalue weighted by Crippen LogP contribution is 2.47. The number of anilines is 3. The Balaban J connectivity index is 1.20. The summed E-state index contributed by atoms with van der Waals surface area (Å²) >= 11 is 0. The summed E-state index contributed by atoms with van der Waals surface area (Å²) in [6.45, 7) is 10.1. The van der Waals surface area contributed by atoms with Crippen LogP contribution in [-0.4, -0.2) is 80.8 Å². The minimum atomic E-state index is -0.524. The molecule has 206 valence electrons. The predicted octanol–water partition coefficient (Wildman–Crippen LogP) is 3.63. The van der Waals surface area contributed by atoms with Gasteiger partial charge in [-0.05, 0) is 53.0 Å². The Kier molecular flexibility index (Phi) is 5.81. The minimum Gasteiger partial charge on any atom is -0.479 e. The van der Waals surface area contributed by atoms with Crippen molar-refractivity contribution in [2.75, 3.05) is 48.4 Å². The lowest BCUT2D eigenvalue weighted by atomic mass is 10.1. The molecule has 12 heteroatoms. The third-order valence-corrected chi connectivity index (χ3v) is 7.50. The van der Waals surface area contributed by atoms with E-state index in [0.717, 1.165) is 36.3 Å². The van der Waals surface area contributed by atoms with Gasteiger partial charge in [-0.25, -0.2) is 19.6 Å². The van der Waals surface area contributed by atoms with Crippen molar-refractivity contribution < 1.29 is 19.1 Å². The number of imidazole rings is 1. The number of aromatic nitrogens is 4. The van der Waals surface area contributed by atoms with Crippen LogP contribution in [0.5, 0.6) is 5.88 Å². The molecule has 1 N–H and O–H groups in total. The number of ether oxygens (including phenoxy) is 2. The third-order valence-electron chi connectivity index (χ3n) is 7.50. The molecule has 0 bridgehead atoms. The summed E-state index contributed by atoms with van der Waals surface area (Å²) in [5.41, 5.74) is 2.66. The summed E-state index contributed by atoms with van der Waals surface area (Å²) in [6.07, 6.45) is 7.71. The molecule has 0 unspecified atom stereocenters. The molecule has 0 atom stereocenters. The van der Waals surface area contributed by atoms with Crippen LogP contribution in [0.1, 0.15) is 44.9 Å². The number of hydrogen-bond donors (Lipinski definition) is 1. The van der Waals surface area contributed by atoms with E-state index in [-0.39, 0.29) is 17.7 Å². The lowest BCUT2D eigenvalue weighted by Crippen LogP contribution is -2.58. The molecule has 12 nitrogen and oxygen atoms in total. The van der Waals surface area contributed by atoms with E-state index in [2.05, 4.69) is 25.2 Å².